The molecule has 0 amide bonds. The molecule has 3 nitrogen and oxygen atoms in total. The molecule has 0 bridgehead atoms. The Morgan fingerprint density at radius 2 is 2.00 bits per heavy atom. The van der Waals surface area contributed by atoms with Crippen LogP contribution in [0.4, 0.5) is 5.69 Å². The van der Waals surface area contributed by atoms with E-state index in [0.717, 1.165) is 17.9 Å². The summed E-state index contributed by atoms with van der Waals surface area (Å²) in [4.78, 5) is 0. The van der Waals surface area contributed by atoms with Gasteiger partial charge >= 0.3 is 0 Å². The predicted molar refractivity (Wildman–Crippen MR) is 60.9 cm³/mol. The van der Waals surface area contributed by atoms with Crippen molar-refractivity contribution in [3.05, 3.63) is 11.9 Å². The monoisotopic (exact) mass is 225 g/mol. The Labute approximate surface area is 91.5 Å². The van der Waals surface area contributed by atoms with E-state index in [1.165, 1.54) is 0 Å². The maximum absolute atomic E-state index is 5.73. The zero-order chi connectivity index (χ0) is 8.43. The van der Waals surface area contributed by atoms with Crippen LogP contribution in [-0.2, 0) is 6.54 Å². The van der Waals surface area contributed by atoms with Crippen molar-refractivity contribution in [3.63, 3.8) is 0 Å². The fraction of sp³-hybridized carbons (Fsp3) is 0.625. The van der Waals surface area contributed by atoms with Gasteiger partial charge < -0.3 is 5.73 Å². The number of hydrogen-bond donors (Lipinski definition) is 1. The lowest BCUT2D eigenvalue weighted by molar-refractivity contribution is 0.635. The summed E-state index contributed by atoms with van der Waals surface area (Å²) >= 11 is 0. The van der Waals surface area contributed by atoms with Crippen molar-refractivity contribution in [2.24, 2.45) is 0 Å². The molecule has 1 aromatic rings. The van der Waals surface area contributed by atoms with Gasteiger partial charge in [0, 0.05) is 12.7 Å². The molecule has 0 aliphatic carbocycles. The van der Waals surface area contributed by atoms with Crippen LogP contribution < -0.4 is 5.73 Å². The van der Waals surface area contributed by atoms with Crippen molar-refractivity contribution in [2.75, 3.05) is 5.73 Å². The lowest BCUT2D eigenvalue weighted by Gasteiger charge is -1.99. The van der Waals surface area contributed by atoms with E-state index in [0.29, 0.717) is 5.92 Å². The first-order valence-corrected chi connectivity index (χ1v) is 3.98. The molecular formula is C8H17Cl2N3. The molecule has 0 spiro atoms. The molecule has 13 heavy (non-hydrogen) atoms. The summed E-state index contributed by atoms with van der Waals surface area (Å²) in [7, 11) is 0. The van der Waals surface area contributed by atoms with Crippen LogP contribution in [0.25, 0.3) is 0 Å². The van der Waals surface area contributed by atoms with Crippen LogP contribution in [0, 0.1) is 0 Å². The van der Waals surface area contributed by atoms with Crippen molar-refractivity contribution >= 4 is 30.5 Å². The van der Waals surface area contributed by atoms with Crippen LogP contribution >= 0.6 is 24.8 Å². The summed E-state index contributed by atoms with van der Waals surface area (Å²) in [6, 6.07) is 0. The minimum atomic E-state index is 0. The van der Waals surface area contributed by atoms with Crippen molar-refractivity contribution in [3.8, 4) is 0 Å². The summed E-state index contributed by atoms with van der Waals surface area (Å²) < 4.78 is 1.87. The largest absolute Gasteiger partial charge is 0.396 e. The van der Waals surface area contributed by atoms with E-state index in [4.69, 9.17) is 5.73 Å². The van der Waals surface area contributed by atoms with Crippen molar-refractivity contribution in [1.82, 2.24) is 9.78 Å². The minimum Gasteiger partial charge on any atom is -0.396 e. The number of aryl methyl sites for hydroxylation is 1. The van der Waals surface area contributed by atoms with Gasteiger partial charge in [-0.3, -0.25) is 4.68 Å². The Morgan fingerprint density at radius 1 is 1.46 bits per heavy atom. The number of rotatable bonds is 2. The normalized spacial score (nSPS) is 9.23. The van der Waals surface area contributed by atoms with E-state index in [2.05, 4.69) is 25.9 Å². The molecule has 0 atom stereocenters. The summed E-state index contributed by atoms with van der Waals surface area (Å²) in [5, 5.41) is 4.32. The lowest BCUT2D eigenvalue weighted by atomic mass is 10.1. The molecule has 0 radical (unpaired) electrons. The number of anilines is 1. The quantitative estimate of drug-likeness (QED) is 0.841. The second-order valence-corrected chi connectivity index (χ2v) is 2.98. The second-order valence-electron chi connectivity index (χ2n) is 2.98. The van der Waals surface area contributed by atoms with Gasteiger partial charge in [-0.25, -0.2) is 0 Å². The van der Waals surface area contributed by atoms with Gasteiger partial charge in [0.25, 0.3) is 0 Å². The molecule has 0 aromatic carbocycles. The highest BCUT2D eigenvalue weighted by Crippen LogP contribution is 2.18. The van der Waals surface area contributed by atoms with Crippen LogP contribution in [0.3, 0.4) is 0 Å². The summed E-state index contributed by atoms with van der Waals surface area (Å²) in [5.74, 6) is 0.419. The van der Waals surface area contributed by atoms with Crippen LogP contribution in [0.2, 0.25) is 0 Å². The van der Waals surface area contributed by atoms with Crippen molar-refractivity contribution in [2.45, 2.75) is 33.2 Å². The Bertz CT molecular complexity index is 246. The molecule has 0 saturated heterocycles. The van der Waals surface area contributed by atoms with Crippen molar-refractivity contribution in [1.29, 1.82) is 0 Å². The Hall–Kier alpha value is -0.410. The van der Waals surface area contributed by atoms with Gasteiger partial charge in [0.15, 0.2) is 0 Å². The maximum Gasteiger partial charge on any atom is 0.0879 e. The number of halogens is 2. The SMILES string of the molecule is CCn1cc(N)c(C(C)C)n1.Cl.Cl. The third-order valence-corrected chi connectivity index (χ3v) is 1.69. The molecule has 1 aromatic heterocycles. The highest BCUT2D eigenvalue weighted by atomic mass is 35.5. The van der Waals surface area contributed by atoms with Crippen LogP contribution in [0.1, 0.15) is 32.4 Å². The summed E-state index contributed by atoms with van der Waals surface area (Å²) in [5.41, 5.74) is 7.55. The van der Waals surface area contributed by atoms with Gasteiger partial charge in [0.05, 0.1) is 11.4 Å². The molecule has 2 N–H and O–H groups in total. The fourth-order valence-corrected chi connectivity index (χ4v) is 1.06. The van der Waals surface area contributed by atoms with Crippen LogP contribution in [0.5, 0.6) is 0 Å². The zero-order valence-electron chi connectivity index (χ0n) is 8.15. The third kappa shape index (κ3) is 3.44. The van der Waals surface area contributed by atoms with Gasteiger partial charge in [-0.1, -0.05) is 13.8 Å². The standard InChI is InChI=1S/C8H15N3.2ClH/c1-4-11-5-7(9)8(10-11)6(2)3;;/h5-6H,4,9H2,1-3H3;2*1H. The number of nitrogen functional groups attached to an aromatic ring is 1. The average molecular weight is 226 g/mol. The Morgan fingerprint density at radius 3 is 2.23 bits per heavy atom. The second kappa shape index (κ2) is 6.11. The molecule has 1 rings (SSSR count). The number of aromatic nitrogens is 2. The molecule has 0 fully saturated rings. The Kier molecular flexibility index (Phi) is 7.08. The highest BCUT2D eigenvalue weighted by Gasteiger charge is 2.07. The van der Waals surface area contributed by atoms with Gasteiger partial charge in [-0.05, 0) is 12.8 Å². The number of nitrogens with two attached hydrogens (primary N) is 1. The molecule has 5 heteroatoms. The molecule has 1 heterocycles. The van der Waals surface area contributed by atoms with Crippen LogP contribution in [0.15, 0.2) is 6.20 Å². The predicted octanol–water partition coefficient (Wildman–Crippen LogP) is 2.45. The van der Waals surface area contributed by atoms with Gasteiger partial charge in [-0.2, -0.15) is 5.10 Å². The number of nitrogens with zero attached hydrogens (tertiary/aromatic N) is 2. The van der Waals surface area contributed by atoms with E-state index in [9.17, 15) is 0 Å². The number of hydrogen-bond acceptors (Lipinski definition) is 2. The first kappa shape index (κ1) is 15.1. The van der Waals surface area contributed by atoms with Crippen molar-refractivity contribution < 1.29 is 0 Å². The third-order valence-electron chi connectivity index (χ3n) is 1.69. The van der Waals surface area contributed by atoms with E-state index in [1.807, 2.05) is 10.9 Å². The lowest BCUT2D eigenvalue weighted by Crippen LogP contribution is -1.97. The van der Waals surface area contributed by atoms with E-state index in [-0.39, 0.29) is 24.8 Å². The Balaban J connectivity index is 0. The van der Waals surface area contributed by atoms with Gasteiger partial charge in [0.1, 0.15) is 0 Å². The molecule has 78 valence electrons. The summed E-state index contributed by atoms with van der Waals surface area (Å²) in [6.07, 6.45) is 1.88. The van der Waals surface area contributed by atoms with Gasteiger partial charge in [0.2, 0.25) is 0 Å². The first-order chi connectivity index (χ1) is 5.15. The fourth-order valence-electron chi connectivity index (χ4n) is 1.06. The molecule has 0 aliphatic heterocycles. The smallest absolute Gasteiger partial charge is 0.0879 e. The topological polar surface area (TPSA) is 43.8 Å². The van der Waals surface area contributed by atoms with E-state index in [1.54, 1.807) is 0 Å². The van der Waals surface area contributed by atoms with Gasteiger partial charge in [-0.15, -0.1) is 24.8 Å². The maximum atomic E-state index is 5.73. The molecule has 0 unspecified atom stereocenters. The average Bonchev–Trinajstić information content (AvgIpc) is 2.30. The van der Waals surface area contributed by atoms with E-state index >= 15 is 0 Å². The summed E-state index contributed by atoms with van der Waals surface area (Å²) in [6.45, 7) is 7.13. The van der Waals surface area contributed by atoms with E-state index < -0.39 is 0 Å². The first-order valence-electron chi connectivity index (χ1n) is 3.98. The minimum absolute atomic E-state index is 0. The molecule has 0 saturated carbocycles. The van der Waals surface area contributed by atoms with Crippen LogP contribution in [-0.4, -0.2) is 9.78 Å². The molecule has 0 aliphatic rings. The zero-order valence-corrected chi connectivity index (χ0v) is 9.78. The highest BCUT2D eigenvalue weighted by molar-refractivity contribution is 5.85. The molecular weight excluding hydrogens is 209 g/mol.